The minimum absolute atomic E-state index is 0.355. The Morgan fingerprint density at radius 1 is 1.31 bits per heavy atom. The second-order valence-electron chi connectivity index (χ2n) is 4.39. The Hall–Kier alpha value is -1.51. The van der Waals surface area contributed by atoms with Gasteiger partial charge >= 0.3 is 5.97 Å². The minimum Gasteiger partial charge on any atom is -0.478 e. The van der Waals surface area contributed by atoms with Gasteiger partial charge in [0.25, 0.3) is 0 Å². The van der Waals surface area contributed by atoms with Gasteiger partial charge in [-0.25, -0.2) is 4.79 Å². The van der Waals surface area contributed by atoms with Crippen LogP contribution in [0.3, 0.4) is 0 Å². The Labute approximate surface area is 95.7 Å². The molecule has 0 spiro atoms. The standard InChI is InChI=1S/C13H17NO2/c1-10-4-2-3-9-14(10)12-7-5-11(6-8-12)13(15)16/h5-8,10H,2-4,9H2,1H3,(H,15,16). The molecule has 1 aromatic carbocycles. The molecule has 1 aromatic rings. The van der Waals surface area contributed by atoms with Crippen molar-refractivity contribution in [1.82, 2.24) is 0 Å². The van der Waals surface area contributed by atoms with Gasteiger partial charge in [-0.3, -0.25) is 0 Å². The van der Waals surface area contributed by atoms with Crippen molar-refractivity contribution < 1.29 is 9.90 Å². The van der Waals surface area contributed by atoms with E-state index in [0.29, 0.717) is 11.6 Å². The van der Waals surface area contributed by atoms with Gasteiger partial charge in [-0.05, 0) is 50.5 Å². The van der Waals surface area contributed by atoms with Gasteiger partial charge in [0.15, 0.2) is 0 Å². The molecule has 1 aliphatic heterocycles. The van der Waals surface area contributed by atoms with Gasteiger partial charge in [0.05, 0.1) is 5.56 Å². The molecule has 3 nitrogen and oxygen atoms in total. The molecule has 2 rings (SSSR count). The van der Waals surface area contributed by atoms with E-state index < -0.39 is 5.97 Å². The Morgan fingerprint density at radius 2 is 2.00 bits per heavy atom. The Kier molecular flexibility index (Phi) is 3.13. The number of anilines is 1. The van der Waals surface area contributed by atoms with Crippen LogP contribution in [0, 0.1) is 0 Å². The molecule has 0 saturated carbocycles. The summed E-state index contributed by atoms with van der Waals surface area (Å²) in [5, 5.41) is 8.82. The van der Waals surface area contributed by atoms with Crippen molar-refractivity contribution in [2.75, 3.05) is 11.4 Å². The van der Waals surface area contributed by atoms with Crippen molar-refractivity contribution in [2.24, 2.45) is 0 Å². The third kappa shape index (κ3) is 2.18. The van der Waals surface area contributed by atoms with E-state index in [-0.39, 0.29) is 0 Å². The molecule has 3 heteroatoms. The molecule has 0 amide bonds. The van der Waals surface area contributed by atoms with Gasteiger partial charge in [0.2, 0.25) is 0 Å². The highest BCUT2D eigenvalue weighted by Crippen LogP contribution is 2.24. The number of carbonyl (C=O) groups is 1. The minimum atomic E-state index is -0.863. The summed E-state index contributed by atoms with van der Waals surface area (Å²) >= 11 is 0. The van der Waals surface area contributed by atoms with Crippen LogP contribution in [-0.4, -0.2) is 23.7 Å². The summed E-state index contributed by atoms with van der Waals surface area (Å²) < 4.78 is 0. The second kappa shape index (κ2) is 4.56. The van der Waals surface area contributed by atoms with E-state index in [1.54, 1.807) is 12.1 Å². The first-order chi connectivity index (χ1) is 7.68. The highest BCUT2D eigenvalue weighted by Gasteiger charge is 2.18. The SMILES string of the molecule is CC1CCCCN1c1ccc(C(=O)O)cc1. The lowest BCUT2D eigenvalue weighted by Crippen LogP contribution is -2.37. The number of nitrogens with zero attached hydrogens (tertiary/aromatic N) is 1. The van der Waals surface area contributed by atoms with Gasteiger partial charge in [-0.15, -0.1) is 0 Å². The van der Waals surface area contributed by atoms with Crippen LogP contribution in [0.25, 0.3) is 0 Å². The summed E-state index contributed by atoms with van der Waals surface area (Å²) in [5.41, 5.74) is 1.49. The van der Waals surface area contributed by atoms with Crippen LogP contribution in [0.5, 0.6) is 0 Å². The zero-order chi connectivity index (χ0) is 11.5. The van der Waals surface area contributed by atoms with Crippen LogP contribution < -0.4 is 4.90 Å². The number of carboxylic acid groups (broad SMARTS) is 1. The maximum Gasteiger partial charge on any atom is 0.335 e. The summed E-state index contributed by atoms with van der Waals surface area (Å²) in [7, 11) is 0. The fourth-order valence-electron chi connectivity index (χ4n) is 2.28. The summed E-state index contributed by atoms with van der Waals surface area (Å²) in [6.07, 6.45) is 3.75. The second-order valence-corrected chi connectivity index (χ2v) is 4.39. The van der Waals surface area contributed by atoms with E-state index in [2.05, 4.69) is 11.8 Å². The lowest BCUT2D eigenvalue weighted by molar-refractivity contribution is 0.0697. The Morgan fingerprint density at radius 3 is 2.56 bits per heavy atom. The summed E-state index contributed by atoms with van der Waals surface area (Å²) in [4.78, 5) is 13.1. The van der Waals surface area contributed by atoms with Crippen molar-refractivity contribution in [3.05, 3.63) is 29.8 Å². The molecule has 1 unspecified atom stereocenters. The van der Waals surface area contributed by atoms with Crippen molar-refractivity contribution in [1.29, 1.82) is 0 Å². The summed E-state index contributed by atoms with van der Waals surface area (Å²) in [6, 6.07) is 7.73. The van der Waals surface area contributed by atoms with Crippen LogP contribution in [-0.2, 0) is 0 Å². The van der Waals surface area contributed by atoms with Gasteiger partial charge in [0, 0.05) is 18.3 Å². The molecule has 0 aliphatic carbocycles. The molecule has 86 valence electrons. The Balaban J connectivity index is 2.17. The molecule has 0 radical (unpaired) electrons. The molecule has 0 bridgehead atoms. The van der Waals surface area contributed by atoms with E-state index in [0.717, 1.165) is 12.2 Å². The third-order valence-electron chi connectivity index (χ3n) is 3.25. The van der Waals surface area contributed by atoms with Crippen molar-refractivity contribution in [2.45, 2.75) is 32.2 Å². The normalized spacial score (nSPS) is 20.8. The lowest BCUT2D eigenvalue weighted by Gasteiger charge is -2.35. The van der Waals surface area contributed by atoms with E-state index >= 15 is 0 Å². The van der Waals surface area contributed by atoms with Crippen LogP contribution >= 0.6 is 0 Å². The zero-order valence-corrected chi connectivity index (χ0v) is 9.52. The quantitative estimate of drug-likeness (QED) is 0.831. The van der Waals surface area contributed by atoms with Crippen molar-refractivity contribution >= 4 is 11.7 Å². The zero-order valence-electron chi connectivity index (χ0n) is 9.52. The number of aromatic carboxylic acids is 1. The largest absolute Gasteiger partial charge is 0.478 e. The van der Waals surface area contributed by atoms with Crippen LogP contribution in [0.2, 0.25) is 0 Å². The summed E-state index contributed by atoms with van der Waals surface area (Å²) in [5.74, 6) is -0.863. The van der Waals surface area contributed by atoms with Crippen molar-refractivity contribution in [3.8, 4) is 0 Å². The molecule has 1 atom stereocenters. The molecule has 16 heavy (non-hydrogen) atoms. The van der Waals surface area contributed by atoms with Crippen molar-refractivity contribution in [3.63, 3.8) is 0 Å². The molecule has 1 saturated heterocycles. The van der Waals surface area contributed by atoms with Crippen LogP contribution in [0.15, 0.2) is 24.3 Å². The van der Waals surface area contributed by atoms with Gasteiger partial charge in [0.1, 0.15) is 0 Å². The monoisotopic (exact) mass is 219 g/mol. The molecule has 1 N–H and O–H groups in total. The number of benzene rings is 1. The first-order valence-electron chi connectivity index (χ1n) is 5.78. The van der Waals surface area contributed by atoms with E-state index in [4.69, 9.17) is 5.11 Å². The fourth-order valence-corrected chi connectivity index (χ4v) is 2.28. The Bertz CT molecular complexity index is 372. The predicted octanol–water partition coefficient (Wildman–Crippen LogP) is 2.76. The molecular formula is C13H17NO2. The van der Waals surface area contributed by atoms with Gasteiger partial charge in [-0.2, -0.15) is 0 Å². The predicted molar refractivity (Wildman–Crippen MR) is 64.1 cm³/mol. The first-order valence-corrected chi connectivity index (χ1v) is 5.78. The highest BCUT2D eigenvalue weighted by atomic mass is 16.4. The molecule has 1 fully saturated rings. The van der Waals surface area contributed by atoms with Crippen LogP contribution in [0.4, 0.5) is 5.69 Å². The van der Waals surface area contributed by atoms with E-state index in [1.165, 1.54) is 19.3 Å². The molecular weight excluding hydrogens is 202 g/mol. The summed E-state index contributed by atoms with van der Waals surface area (Å²) in [6.45, 7) is 3.30. The average Bonchev–Trinajstić information content (AvgIpc) is 2.30. The molecule has 1 heterocycles. The highest BCUT2D eigenvalue weighted by molar-refractivity contribution is 5.88. The fraction of sp³-hybridized carbons (Fsp3) is 0.462. The number of carboxylic acids is 1. The smallest absolute Gasteiger partial charge is 0.335 e. The van der Waals surface area contributed by atoms with Crippen LogP contribution in [0.1, 0.15) is 36.5 Å². The maximum atomic E-state index is 10.7. The molecule has 0 aromatic heterocycles. The van der Waals surface area contributed by atoms with E-state index in [1.807, 2.05) is 12.1 Å². The topological polar surface area (TPSA) is 40.5 Å². The van der Waals surface area contributed by atoms with Gasteiger partial charge < -0.3 is 10.0 Å². The number of hydrogen-bond acceptors (Lipinski definition) is 2. The van der Waals surface area contributed by atoms with Gasteiger partial charge in [-0.1, -0.05) is 0 Å². The third-order valence-corrected chi connectivity index (χ3v) is 3.25. The van der Waals surface area contributed by atoms with E-state index in [9.17, 15) is 4.79 Å². The number of rotatable bonds is 2. The average molecular weight is 219 g/mol. The maximum absolute atomic E-state index is 10.7. The lowest BCUT2D eigenvalue weighted by atomic mass is 10.0. The number of hydrogen-bond donors (Lipinski definition) is 1. The number of piperidine rings is 1. The first kappa shape index (κ1) is 11.0. The molecule has 1 aliphatic rings.